The van der Waals surface area contributed by atoms with Crippen molar-refractivity contribution < 1.29 is 0 Å². The third-order valence-corrected chi connectivity index (χ3v) is 6.44. The standard InChI is InChI=1S/C19H38N2/c1-6-15-8-10-17(11-9-15)21(5)14-16-12-13-19(3,4)18(16)20-7-2/h15-18,20H,6-14H2,1-5H3. The van der Waals surface area contributed by atoms with Gasteiger partial charge in [-0.2, -0.15) is 0 Å². The zero-order valence-corrected chi connectivity index (χ0v) is 15.1. The number of nitrogens with one attached hydrogen (secondary N) is 1. The molecule has 2 aliphatic carbocycles. The molecule has 2 heteroatoms. The fourth-order valence-corrected chi connectivity index (χ4v) is 4.89. The van der Waals surface area contributed by atoms with Gasteiger partial charge < -0.3 is 10.2 Å². The summed E-state index contributed by atoms with van der Waals surface area (Å²) in [6.45, 7) is 11.9. The maximum Gasteiger partial charge on any atom is 0.0159 e. The lowest BCUT2D eigenvalue weighted by atomic mass is 9.82. The first-order valence-corrected chi connectivity index (χ1v) is 9.41. The van der Waals surface area contributed by atoms with Crippen LogP contribution in [0.5, 0.6) is 0 Å². The summed E-state index contributed by atoms with van der Waals surface area (Å²) in [4.78, 5) is 2.70. The van der Waals surface area contributed by atoms with Crippen molar-refractivity contribution in [2.24, 2.45) is 17.3 Å². The first kappa shape index (κ1) is 17.3. The molecule has 0 aromatic rings. The maximum absolute atomic E-state index is 3.78. The van der Waals surface area contributed by atoms with Crippen molar-refractivity contribution in [3.8, 4) is 0 Å². The highest BCUT2D eigenvalue weighted by atomic mass is 15.1. The van der Waals surface area contributed by atoms with Crippen molar-refractivity contribution in [2.45, 2.75) is 84.7 Å². The molecule has 21 heavy (non-hydrogen) atoms. The molecule has 0 bridgehead atoms. The van der Waals surface area contributed by atoms with E-state index in [1.165, 1.54) is 51.5 Å². The Morgan fingerprint density at radius 3 is 2.29 bits per heavy atom. The van der Waals surface area contributed by atoms with E-state index in [2.05, 4.69) is 45.0 Å². The second-order valence-electron chi connectivity index (χ2n) is 8.35. The van der Waals surface area contributed by atoms with E-state index in [0.29, 0.717) is 11.5 Å². The van der Waals surface area contributed by atoms with Crippen molar-refractivity contribution in [3.63, 3.8) is 0 Å². The topological polar surface area (TPSA) is 15.3 Å². The third-order valence-electron chi connectivity index (χ3n) is 6.44. The Bertz CT molecular complexity index is 305. The molecule has 1 N–H and O–H groups in total. The quantitative estimate of drug-likeness (QED) is 0.785. The average molecular weight is 295 g/mol. The molecule has 124 valence electrons. The molecule has 0 radical (unpaired) electrons. The Balaban J connectivity index is 1.86. The summed E-state index contributed by atoms with van der Waals surface area (Å²) in [6.07, 6.45) is 9.94. The summed E-state index contributed by atoms with van der Waals surface area (Å²) >= 11 is 0. The summed E-state index contributed by atoms with van der Waals surface area (Å²) in [6, 6.07) is 1.55. The third kappa shape index (κ3) is 4.22. The largest absolute Gasteiger partial charge is 0.313 e. The molecule has 0 aliphatic heterocycles. The number of hydrogen-bond acceptors (Lipinski definition) is 2. The lowest BCUT2D eigenvalue weighted by Gasteiger charge is -2.38. The van der Waals surface area contributed by atoms with Crippen LogP contribution in [0.25, 0.3) is 0 Å². The van der Waals surface area contributed by atoms with Crippen molar-refractivity contribution in [1.29, 1.82) is 0 Å². The van der Waals surface area contributed by atoms with Crippen molar-refractivity contribution in [3.05, 3.63) is 0 Å². The Kier molecular flexibility index (Phi) is 6.14. The van der Waals surface area contributed by atoms with Gasteiger partial charge in [0.25, 0.3) is 0 Å². The SMILES string of the molecule is CCNC1C(CN(C)C2CCC(CC)CC2)CCC1(C)C. The van der Waals surface area contributed by atoms with Gasteiger partial charge in [0, 0.05) is 18.6 Å². The molecule has 2 fully saturated rings. The highest BCUT2D eigenvalue weighted by molar-refractivity contribution is 4.97. The molecule has 0 aromatic heterocycles. The van der Waals surface area contributed by atoms with Crippen LogP contribution in [-0.4, -0.2) is 37.1 Å². The van der Waals surface area contributed by atoms with E-state index in [9.17, 15) is 0 Å². The molecule has 0 amide bonds. The molecule has 2 saturated carbocycles. The summed E-state index contributed by atoms with van der Waals surface area (Å²) in [5.41, 5.74) is 0.474. The van der Waals surface area contributed by atoms with Gasteiger partial charge in [-0.15, -0.1) is 0 Å². The molecule has 2 aliphatic rings. The minimum Gasteiger partial charge on any atom is -0.313 e. The Hall–Kier alpha value is -0.0800. The molecule has 0 spiro atoms. The van der Waals surface area contributed by atoms with Gasteiger partial charge in [-0.3, -0.25) is 0 Å². The highest BCUT2D eigenvalue weighted by Crippen LogP contribution is 2.42. The molecular formula is C19H38N2. The highest BCUT2D eigenvalue weighted by Gasteiger charge is 2.42. The maximum atomic E-state index is 3.78. The first-order chi connectivity index (χ1) is 9.97. The van der Waals surface area contributed by atoms with Crippen LogP contribution in [0.3, 0.4) is 0 Å². The van der Waals surface area contributed by atoms with Gasteiger partial charge in [-0.05, 0) is 69.4 Å². The fourth-order valence-electron chi connectivity index (χ4n) is 4.89. The lowest BCUT2D eigenvalue weighted by molar-refractivity contribution is 0.129. The fraction of sp³-hybridized carbons (Fsp3) is 1.00. The molecular weight excluding hydrogens is 256 g/mol. The minimum atomic E-state index is 0.474. The van der Waals surface area contributed by atoms with Crippen LogP contribution in [0.15, 0.2) is 0 Å². The average Bonchev–Trinajstić information content (AvgIpc) is 2.75. The van der Waals surface area contributed by atoms with E-state index in [0.717, 1.165) is 24.4 Å². The Labute approximate surface area is 133 Å². The van der Waals surface area contributed by atoms with E-state index in [4.69, 9.17) is 0 Å². The van der Waals surface area contributed by atoms with Crippen LogP contribution < -0.4 is 5.32 Å². The zero-order chi connectivity index (χ0) is 15.5. The van der Waals surface area contributed by atoms with Gasteiger partial charge in [0.2, 0.25) is 0 Å². The van der Waals surface area contributed by atoms with E-state index in [-0.39, 0.29) is 0 Å². The summed E-state index contributed by atoms with van der Waals surface area (Å²) < 4.78 is 0. The molecule has 2 atom stereocenters. The monoisotopic (exact) mass is 294 g/mol. The molecule has 0 heterocycles. The lowest BCUT2D eigenvalue weighted by Crippen LogP contribution is -2.47. The van der Waals surface area contributed by atoms with E-state index in [1.54, 1.807) is 0 Å². The molecule has 0 saturated heterocycles. The number of nitrogens with zero attached hydrogens (tertiary/aromatic N) is 1. The summed E-state index contributed by atoms with van der Waals surface area (Å²) in [5.74, 6) is 1.85. The van der Waals surface area contributed by atoms with Crippen LogP contribution in [0.2, 0.25) is 0 Å². The predicted octanol–water partition coefficient (Wildman–Crippen LogP) is 4.30. The molecule has 2 nitrogen and oxygen atoms in total. The summed E-state index contributed by atoms with van der Waals surface area (Å²) in [7, 11) is 2.38. The van der Waals surface area contributed by atoms with E-state index in [1.807, 2.05) is 0 Å². The smallest absolute Gasteiger partial charge is 0.0159 e. The normalized spacial score (nSPS) is 36.3. The van der Waals surface area contributed by atoms with Crippen LogP contribution in [0.1, 0.15) is 72.6 Å². The Morgan fingerprint density at radius 2 is 1.71 bits per heavy atom. The van der Waals surface area contributed by atoms with Gasteiger partial charge >= 0.3 is 0 Å². The van der Waals surface area contributed by atoms with Gasteiger partial charge in [0.05, 0.1) is 0 Å². The predicted molar refractivity (Wildman–Crippen MR) is 92.6 cm³/mol. The first-order valence-electron chi connectivity index (χ1n) is 9.41. The van der Waals surface area contributed by atoms with E-state index >= 15 is 0 Å². The molecule has 2 rings (SSSR count). The van der Waals surface area contributed by atoms with Gasteiger partial charge in [0.1, 0.15) is 0 Å². The second kappa shape index (κ2) is 7.46. The van der Waals surface area contributed by atoms with Crippen molar-refractivity contribution in [1.82, 2.24) is 10.2 Å². The second-order valence-corrected chi connectivity index (χ2v) is 8.35. The van der Waals surface area contributed by atoms with Gasteiger partial charge in [0.15, 0.2) is 0 Å². The van der Waals surface area contributed by atoms with Crippen molar-refractivity contribution >= 4 is 0 Å². The van der Waals surface area contributed by atoms with Crippen molar-refractivity contribution in [2.75, 3.05) is 20.1 Å². The van der Waals surface area contributed by atoms with Crippen LogP contribution in [0.4, 0.5) is 0 Å². The zero-order valence-electron chi connectivity index (χ0n) is 15.1. The Morgan fingerprint density at radius 1 is 1.05 bits per heavy atom. The van der Waals surface area contributed by atoms with E-state index < -0.39 is 0 Å². The number of rotatable bonds is 6. The number of hydrogen-bond donors (Lipinski definition) is 1. The van der Waals surface area contributed by atoms with Crippen LogP contribution >= 0.6 is 0 Å². The molecule has 0 aromatic carbocycles. The minimum absolute atomic E-state index is 0.474. The summed E-state index contributed by atoms with van der Waals surface area (Å²) in [5, 5.41) is 3.78. The van der Waals surface area contributed by atoms with Gasteiger partial charge in [-0.1, -0.05) is 34.1 Å². The van der Waals surface area contributed by atoms with Crippen LogP contribution in [0, 0.1) is 17.3 Å². The molecule has 2 unspecified atom stereocenters. The van der Waals surface area contributed by atoms with Crippen LogP contribution in [-0.2, 0) is 0 Å². The van der Waals surface area contributed by atoms with Gasteiger partial charge in [-0.25, -0.2) is 0 Å².